The van der Waals surface area contributed by atoms with Crippen molar-refractivity contribution in [3.63, 3.8) is 0 Å². The van der Waals surface area contributed by atoms with Gasteiger partial charge in [0.25, 0.3) is 0 Å². The normalized spacial score (nSPS) is 10.8. The highest BCUT2D eigenvalue weighted by Gasteiger charge is 2.16. The molecule has 0 bridgehead atoms. The molecule has 0 atom stereocenters. The number of aromatic nitrogens is 1. The molecule has 6 heteroatoms. The van der Waals surface area contributed by atoms with Crippen molar-refractivity contribution in [2.75, 3.05) is 18.3 Å². The number of fused-ring (bicyclic) bond motifs is 1. The number of methoxy groups -OCH3 is 1. The number of nitrogens with one attached hydrogen (secondary N) is 1. The van der Waals surface area contributed by atoms with Crippen LogP contribution in [0.1, 0.15) is 38.3 Å². The molecule has 0 saturated carbocycles. The van der Waals surface area contributed by atoms with Crippen LogP contribution in [0.3, 0.4) is 0 Å². The van der Waals surface area contributed by atoms with Crippen molar-refractivity contribution in [2.45, 2.75) is 39.0 Å². The first kappa shape index (κ1) is 16.0. The van der Waals surface area contributed by atoms with Crippen LogP contribution in [0.15, 0.2) is 18.2 Å². The van der Waals surface area contributed by atoms with Crippen molar-refractivity contribution in [2.24, 2.45) is 5.73 Å². The van der Waals surface area contributed by atoms with Gasteiger partial charge in [0.05, 0.1) is 24.0 Å². The molecule has 0 aliphatic heterocycles. The molecular weight excluding hydrogens is 280 g/mol. The van der Waals surface area contributed by atoms with Gasteiger partial charge in [-0.1, -0.05) is 26.2 Å². The summed E-state index contributed by atoms with van der Waals surface area (Å²) in [6.07, 6.45) is 5.32. The summed E-state index contributed by atoms with van der Waals surface area (Å²) in [7, 11) is 1.61. The van der Waals surface area contributed by atoms with Crippen LogP contribution in [-0.4, -0.2) is 17.8 Å². The summed E-state index contributed by atoms with van der Waals surface area (Å²) in [6.45, 7) is 2.17. The molecule has 5 N–H and O–H groups in total. The Labute approximate surface area is 130 Å². The van der Waals surface area contributed by atoms with Crippen molar-refractivity contribution in [1.82, 2.24) is 4.68 Å². The minimum absolute atomic E-state index is 0.609. The Morgan fingerprint density at radius 3 is 2.73 bits per heavy atom. The van der Waals surface area contributed by atoms with Crippen LogP contribution in [-0.2, 0) is 6.42 Å². The molecule has 2 amide bonds. The van der Waals surface area contributed by atoms with Crippen LogP contribution in [0.2, 0.25) is 0 Å². The molecule has 1 aromatic heterocycles. The summed E-state index contributed by atoms with van der Waals surface area (Å²) in [5, 5.41) is 0.860. The number of rotatable bonds is 7. The smallest absolute Gasteiger partial charge is 0.331 e. The van der Waals surface area contributed by atoms with Gasteiger partial charge in [-0.15, -0.1) is 0 Å². The summed E-state index contributed by atoms with van der Waals surface area (Å²) in [5.74, 6) is 0.730. The maximum Gasteiger partial charge on any atom is 0.331 e. The number of amides is 2. The van der Waals surface area contributed by atoms with E-state index in [0.717, 1.165) is 41.6 Å². The third-order valence-corrected chi connectivity index (χ3v) is 3.80. The second kappa shape index (κ2) is 7.06. The van der Waals surface area contributed by atoms with E-state index < -0.39 is 6.03 Å². The molecule has 0 spiro atoms. The average Bonchev–Trinajstić information content (AvgIpc) is 2.75. The Hall–Kier alpha value is -2.37. The molecule has 6 nitrogen and oxygen atoms in total. The molecule has 2 aromatic rings. The number of nitrogens with two attached hydrogens (primary N) is 2. The molecule has 0 saturated heterocycles. The molecule has 0 fully saturated rings. The topological polar surface area (TPSA) is 95.3 Å². The number of carbonyl (C=O) groups excluding carboxylic acids is 1. The van der Waals surface area contributed by atoms with E-state index in [1.165, 1.54) is 12.8 Å². The SMILES string of the molecule is CCCCCCc1c(N)c2cc(OC)ccc2n1NC(N)=O. The van der Waals surface area contributed by atoms with Gasteiger partial charge in [0.2, 0.25) is 0 Å². The van der Waals surface area contributed by atoms with E-state index in [4.69, 9.17) is 16.2 Å². The number of carbonyl (C=O) groups is 1. The first-order valence-corrected chi connectivity index (χ1v) is 7.61. The highest BCUT2D eigenvalue weighted by atomic mass is 16.5. The summed E-state index contributed by atoms with van der Waals surface area (Å²) in [6, 6.07) is 4.97. The number of anilines is 1. The monoisotopic (exact) mass is 304 g/mol. The second-order valence-corrected chi connectivity index (χ2v) is 5.37. The summed E-state index contributed by atoms with van der Waals surface area (Å²) >= 11 is 0. The number of primary amides is 1. The van der Waals surface area contributed by atoms with Gasteiger partial charge in [-0.3, -0.25) is 4.68 Å². The third kappa shape index (κ3) is 3.27. The molecule has 0 aliphatic carbocycles. The number of nitrogen functional groups attached to an aromatic ring is 1. The number of hydrogen-bond donors (Lipinski definition) is 3. The molecule has 0 radical (unpaired) electrons. The molecule has 0 unspecified atom stereocenters. The van der Waals surface area contributed by atoms with Crippen LogP contribution in [0, 0.1) is 0 Å². The Morgan fingerprint density at radius 2 is 2.09 bits per heavy atom. The maximum absolute atomic E-state index is 11.3. The Morgan fingerprint density at radius 1 is 1.32 bits per heavy atom. The van der Waals surface area contributed by atoms with E-state index in [1.54, 1.807) is 11.8 Å². The van der Waals surface area contributed by atoms with Gasteiger partial charge < -0.3 is 16.2 Å². The van der Waals surface area contributed by atoms with E-state index in [-0.39, 0.29) is 0 Å². The minimum Gasteiger partial charge on any atom is -0.497 e. The van der Waals surface area contributed by atoms with Crippen molar-refractivity contribution < 1.29 is 9.53 Å². The number of urea groups is 1. The lowest BCUT2D eigenvalue weighted by Crippen LogP contribution is -2.29. The highest BCUT2D eigenvalue weighted by Crippen LogP contribution is 2.31. The number of hydrogen-bond acceptors (Lipinski definition) is 3. The van der Waals surface area contributed by atoms with E-state index in [2.05, 4.69) is 12.3 Å². The maximum atomic E-state index is 11.3. The summed E-state index contributed by atoms with van der Waals surface area (Å²) < 4.78 is 6.94. The molecular formula is C16H24N4O2. The van der Waals surface area contributed by atoms with Crippen LogP contribution < -0.4 is 21.6 Å². The van der Waals surface area contributed by atoms with Crippen molar-refractivity contribution in [3.05, 3.63) is 23.9 Å². The number of benzene rings is 1. The molecule has 1 aromatic carbocycles. The van der Waals surface area contributed by atoms with Crippen molar-refractivity contribution >= 4 is 22.6 Å². The Bertz CT molecular complexity index is 664. The standard InChI is InChI=1S/C16H24N4O2/c1-3-4-5-6-7-14-15(17)12-10-11(22-2)8-9-13(12)20(14)19-16(18)21/h8-10H,3-7,17H2,1-2H3,(H3,18,19,21). The summed E-state index contributed by atoms with van der Waals surface area (Å²) in [4.78, 5) is 11.3. The van der Waals surface area contributed by atoms with Crippen LogP contribution in [0.5, 0.6) is 5.75 Å². The third-order valence-electron chi connectivity index (χ3n) is 3.80. The predicted octanol–water partition coefficient (Wildman–Crippen LogP) is 2.98. The largest absolute Gasteiger partial charge is 0.497 e. The molecule has 0 aliphatic rings. The average molecular weight is 304 g/mol. The fourth-order valence-electron chi connectivity index (χ4n) is 2.68. The number of nitrogens with zero attached hydrogens (tertiary/aromatic N) is 1. The van der Waals surface area contributed by atoms with Gasteiger partial charge >= 0.3 is 6.03 Å². The van der Waals surface area contributed by atoms with Crippen LogP contribution >= 0.6 is 0 Å². The zero-order valence-electron chi connectivity index (χ0n) is 13.2. The van der Waals surface area contributed by atoms with Crippen molar-refractivity contribution in [3.8, 4) is 5.75 Å². The van der Waals surface area contributed by atoms with Crippen LogP contribution in [0.4, 0.5) is 10.5 Å². The van der Waals surface area contributed by atoms with Gasteiger partial charge in [-0.05, 0) is 31.0 Å². The molecule has 120 valence electrons. The van der Waals surface area contributed by atoms with Gasteiger partial charge in [0.15, 0.2) is 0 Å². The first-order chi connectivity index (χ1) is 10.6. The van der Waals surface area contributed by atoms with Crippen molar-refractivity contribution in [1.29, 1.82) is 0 Å². The zero-order valence-corrected chi connectivity index (χ0v) is 13.2. The fourth-order valence-corrected chi connectivity index (χ4v) is 2.68. The lowest BCUT2D eigenvalue weighted by Gasteiger charge is -2.11. The van der Waals surface area contributed by atoms with Gasteiger partial charge in [0.1, 0.15) is 5.75 Å². The molecule has 1 heterocycles. The van der Waals surface area contributed by atoms with E-state index in [9.17, 15) is 4.79 Å². The second-order valence-electron chi connectivity index (χ2n) is 5.37. The number of ether oxygens (including phenoxy) is 1. The Kier molecular flexibility index (Phi) is 5.14. The van der Waals surface area contributed by atoms with E-state index in [0.29, 0.717) is 5.69 Å². The minimum atomic E-state index is -0.609. The van der Waals surface area contributed by atoms with Crippen LogP contribution in [0.25, 0.3) is 10.9 Å². The molecule has 22 heavy (non-hydrogen) atoms. The Balaban J connectivity index is 2.41. The fraction of sp³-hybridized carbons (Fsp3) is 0.438. The summed E-state index contributed by atoms with van der Waals surface area (Å²) in [5.41, 5.74) is 16.6. The number of unbranched alkanes of at least 4 members (excludes halogenated alkanes) is 3. The highest BCUT2D eigenvalue weighted by molar-refractivity contribution is 5.96. The lowest BCUT2D eigenvalue weighted by molar-refractivity contribution is 0.257. The van der Waals surface area contributed by atoms with Gasteiger partial charge in [0, 0.05) is 5.39 Å². The lowest BCUT2D eigenvalue weighted by atomic mass is 10.1. The quantitative estimate of drug-likeness (QED) is 0.686. The molecule has 2 rings (SSSR count). The van der Waals surface area contributed by atoms with E-state index in [1.807, 2.05) is 18.2 Å². The van der Waals surface area contributed by atoms with E-state index >= 15 is 0 Å². The zero-order chi connectivity index (χ0) is 16.1. The van der Waals surface area contributed by atoms with Gasteiger partial charge in [-0.2, -0.15) is 0 Å². The van der Waals surface area contributed by atoms with Gasteiger partial charge in [-0.25, -0.2) is 10.2 Å². The first-order valence-electron chi connectivity index (χ1n) is 7.61. The predicted molar refractivity (Wildman–Crippen MR) is 89.7 cm³/mol.